The number of hydrogen-bond donors (Lipinski definition) is 0. The van der Waals surface area contributed by atoms with Crippen molar-refractivity contribution in [3.63, 3.8) is 0 Å². The molecule has 0 atom stereocenters. The Morgan fingerprint density at radius 1 is 1.14 bits per heavy atom. The molecule has 1 aliphatic rings. The maximum absolute atomic E-state index is 13.3. The van der Waals surface area contributed by atoms with E-state index in [0.717, 1.165) is 47.5 Å². The van der Waals surface area contributed by atoms with Crippen LogP contribution in [-0.2, 0) is 6.54 Å². The monoisotopic (exact) mass is 375 g/mol. The molecule has 0 radical (unpaired) electrons. The van der Waals surface area contributed by atoms with E-state index in [2.05, 4.69) is 30.9 Å². The van der Waals surface area contributed by atoms with Gasteiger partial charge >= 0.3 is 5.69 Å². The number of hydrogen-bond acceptors (Lipinski definition) is 4. The normalized spacial score (nSPS) is 13.4. The van der Waals surface area contributed by atoms with Crippen LogP contribution in [0.1, 0.15) is 43.5 Å². The number of imidazole rings is 1. The standard InChI is InChI=1S/C22H25N5O/c1-5-17(6-2)25-9-10-26-20-19(25)12-15(4)24-21(20)27(22(26)28)18-8-7-16(13-23)11-14(18)3/h7-8,11-12,17H,5-6,9-10H2,1-4H3. The van der Waals surface area contributed by atoms with E-state index in [0.29, 0.717) is 23.8 Å². The predicted molar refractivity (Wildman–Crippen MR) is 111 cm³/mol. The lowest BCUT2D eigenvalue weighted by Gasteiger charge is -2.36. The zero-order valence-corrected chi connectivity index (χ0v) is 16.9. The average molecular weight is 375 g/mol. The molecule has 0 bridgehead atoms. The molecule has 0 unspecified atom stereocenters. The topological polar surface area (TPSA) is 66.8 Å². The lowest BCUT2D eigenvalue weighted by Crippen LogP contribution is -2.41. The minimum Gasteiger partial charge on any atom is -0.365 e. The molecule has 4 rings (SSSR count). The zero-order valence-electron chi connectivity index (χ0n) is 16.9. The van der Waals surface area contributed by atoms with E-state index in [1.807, 2.05) is 30.5 Å². The van der Waals surface area contributed by atoms with Gasteiger partial charge in [0, 0.05) is 24.8 Å². The Labute approximate surface area is 164 Å². The van der Waals surface area contributed by atoms with Crippen LogP contribution in [0.3, 0.4) is 0 Å². The van der Waals surface area contributed by atoms with Crippen LogP contribution < -0.4 is 10.6 Å². The first kappa shape index (κ1) is 18.3. The van der Waals surface area contributed by atoms with E-state index in [-0.39, 0.29) is 5.69 Å². The van der Waals surface area contributed by atoms with Crippen molar-refractivity contribution in [3.05, 3.63) is 51.6 Å². The van der Waals surface area contributed by atoms with Gasteiger partial charge in [0.25, 0.3) is 0 Å². The van der Waals surface area contributed by atoms with Crippen LogP contribution >= 0.6 is 0 Å². The number of aromatic nitrogens is 3. The molecular weight excluding hydrogens is 350 g/mol. The predicted octanol–water partition coefficient (Wildman–Crippen LogP) is 3.68. The first-order valence-electron chi connectivity index (χ1n) is 9.90. The van der Waals surface area contributed by atoms with Gasteiger partial charge in [-0.15, -0.1) is 0 Å². The number of rotatable bonds is 4. The summed E-state index contributed by atoms with van der Waals surface area (Å²) in [4.78, 5) is 20.5. The van der Waals surface area contributed by atoms with Crippen LogP contribution in [0.15, 0.2) is 29.1 Å². The summed E-state index contributed by atoms with van der Waals surface area (Å²) in [6.07, 6.45) is 2.14. The molecule has 28 heavy (non-hydrogen) atoms. The highest BCUT2D eigenvalue weighted by Crippen LogP contribution is 2.33. The Bertz CT molecular complexity index is 1160. The molecule has 6 nitrogen and oxygen atoms in total. The van der Waals surface area contributed by atoms with Crippen molar-refractivity contribution >= 4 is 16.9 Å². The lowest BCUT2D eigenvalue weighted by molar-refractivity contribution is 0.518. The summed E-state index contributed by atoms with van der Waals surface area (Å²) in [5, 5.41) is 9.16. The number of pyridine rings is 1. The van der Waals surface area contributed by atoms with Gasteiger partial charge in [0.15, 0.2) is 5.65 Å². The van der Waals surface area contributed by atoms with Gasteiger partial charge in [-0.25, -0.2) is 14.3 Å². The lowest BCUT2D eigenvalue weighted by atomic mass is 10.1. The third kappa shape index (κ3) is 2.62. The van der Waals surface area contributed by atoms with Crippen LogP contribution in [0.5, 0.6) is 0 Å². The second-order valence-electron chi connectivity index (χ2n) is 7.50. The smallest absolute Gasteiger partial charge is 0.335 e. The maximum Gasteiger partial charge on any atom is 0.335 e. The fourth-order valence-corrected chi connectivity index (χ4v) is 4.41. The van der Waals surface area contributed by atoms with Gasteiger partial charge in [0.2, 0.25) is 0 Å². The Kier molecular flexibility index (Phi) is 4.46. The molecule has 0 saturated heterocycles. The molecule has 2 aromatic heterocycles. The quantitative estimate of drug-likeness (QED) is 0.698. The van der Waals surface area contributed by atoms with Crippen molar-refractivity contribution in [2.24, 2.45) is 0 Å². The Balaban J connectivity index is 2.03. The molecule has 144 valence electrons. The largest absolute Gasteiger partial charge is 0.365 e. The molecule has 3 heterocycles. The summed E-state index contributed by atoms with van der Waals surface area (Å²) in [5.41, 5.74) is 5.82. The summed E-state index contributed by atoms with van der Waals surface area (Å²) in [5.74, 6) is 0. The third-order valence-corrected chi connectivity index (χ3v) is 5.81. The second-order valence-corrected chi connectivity index (χ2v) is 7.50. The van der Waals surface area contributed by atoms with E-state index in [1.165, 1.54) is 0 Å². The van der Waals surface area contributed by atoms with Gasteiger partial charge in [0.05, 0.1) is 23.0 Å². The van der Waals surface area contributed by atoms with E-state index in [4.69, 9.17) is 10.2 Å². The fraction of sp³-hybridized carbons (Fsp3) is 0.409. The molecule has 0 fully saturated rings. The highest BCUT2D eigenvalue weighted by atomic mass is 16.1. The maximum atomic E-state index is 13.3. The van der Waals surface area contributed by atoms with Gasteiger partial charge in [-0.1, -0.05) is 13.8 Å². The van der Waals surface area contributed by atoms with Gasteiger partial charge in [-0.05, 0) is 56.5 Å². The molecular formula is C22H25N5O. The van der Waals surface area contributed by atoms with E-state index >= 15 is 0 Å². The number of aryl methyl sites for hydroxylation is 2. The van der Waals surface area contributed by atoms with Crippen LogP contribution in [0.2, 0.25) is 0 Å². The minimum atomic E-state index is -0.0636. The van der Waals surface area contributed by atoms with E-state index in [9.17, 15) is 4.79 Å². The van der Waals surface area contributed by atoms with E-state index < -0.39 is 0 Å². The van der Waals surface area contributed by atoms with Crippen molar-refractivity contribution in [2.45, 2.75) is 53.1 Å². The molecule has 0 amide bonds. The van der Waals surface area contributed by atoms with Gasteiger partial charge in [0.1, 0.15) is 5.52 Å². The van der Waals surface area contributed by atoms with Gasteiger partial charge in [-0.3, -0.25) is 4.57 Å². The van der Waals surface area contributed by atoms with E-state index in [1.54, 1.807) is 10.6 Å². The van der Waals surface area contributed by atoms with Crippen LogP contribution in [0.4, 0.5) is 5.69 Å². The van der Waals surface area contributed by atoms with Gasteiger partial charge < -0.3 is 4.90 Å². The van der Waals surface area contributed by atoms with Crippen LogP contribution in [-0.4, -0.2) is 26.7 Å². The summed E-state index contributed by atoms with van der Waals surface area (Å²) in [6, 6.07) is 10.1. The summed E-state index contributed by atoms with van der Waals surface area (Å²) in [6.45, 7) is 9.82. The molecule has 0 N–H and O–H groups in total. The molecule has 0 saturated carbocycles. The number of anilines is 1. The summed E-state index contributed by atoms with van der Waals surface area (Å²) >= 11 is 0. The Hall–Kier alpha value is -3.07. The first-order chi connectivity index (χ1) is 13.5. The molecule has 3 aromatic rings. The fourth-order valence-electron chi connectivity index (χ4n) is 4.41. The summed E-state index contributed by atoms with van der Waals surface area (Å²) < 4.78 is 3.56. The minimum absolute atomic E-state index is 0.0636. The van der Waals surface area contributed by atoms with Crippen molar-refractivity contribution < 1.29 is 0 Å². The third-order valence-electron chi connectivity index (χ3n) is 5.81. The first-order valence-corrected chi connectivity index (χ1v) is 9.90. The van der Waals surface area contributed by atoms with Crippen LogP contribution in [0, 0.1) is 25.2 Å². The molecule has 6 heteroatoms. The SMILES string of the molecule is CCC(CC)N1CCn2c(=O)n(-c3ccc(C#N)cc3C)c3nc(C)cc1c32. The highest BCUT2D eigenvalue weighted by Gasteiger charge is 2.29. The van der Waals surface area contributed by atoms with Crippen molar-refractivity contribution in [1.29, 1.82) is 5.26 Å². The molecule has 1 aromatic carbocycles. The van der Waals surface area contributed by atoms with Crippen LogP contribution in [0.25, 0.3) is 16.9 Å². The number of benzene rings is 1. The van der Waals surface area contributed by atoms with Crippen molar-refractivity contribution in [1.82, 2.24) is 14.1 Å². The Morgan fingerprint density at radius 3 is 2.54 bits per heavy atom. The number of nitrogens with zero attached hydrogens (tertiary/aromatic N) is 5. The number of nitriles is 1. The average Bonchev–Trinajstić information content (AvgIpc) is 2.96. The molecule has 0 aliphatic carbocycles. The molecule has 1 aliphatic heterocycles. The zero-order chi connectivity index (χ0) is 20.0. The van der Waals surface area contributed by atoms with Crippen molar-refractivity contribution in [2.75, 3.05) is 11.4 Å². The molecule has 0 spiro atoms. The highest BCUT2D eigenvalue weighted by molar-refractivity contribution is 5.89. The van der Waals surface area contributed by atoms with Gasteiger partial charge in [-0.2, -0.15) is 5.26 Å². The second kappa shape index (κ2) is 6.83. The van der Waals surface area contributed by atoms with Crippen molar-refractivity contribution in [3.8, 4) is 11.8 Å². The summed E-state index contributed by atoms with van der Waals surface area (Å²) in [7, 11) is 0. The Morgan fingerprint density at radius 2 is 1.89 bits per heavy atom.